The van der Waals surface area contributed by atoms with Crippen LogP contribution in [-0.2, 0) is 22.6 Å². The summed E-state index contributed by atoms with van der Waals surface area (Å²) in [5.41, 5.74) is 1.54. The maximum atomic E-state index is 13.0. The van der Waals surface area contributed by atoms with E-state index in [1.165, 1.54) is 11.7 Å². The highest BCUT2D eigenvalue weighted by Crippen LogP contribution is 2.23. The van der Waals surface area contributed by atoms with Gasteiger partial charge < -0.3 is 15.4 Å². The Hall–Kier alpha value is -3.68. The molecule has 156 valence electrons. The number of methoxy groups -OCH3 is 1. The first-order chi connectivity index (χ1) is 14.5. The molecule has 0 bridgehead atoms. The molecule has 0 radical (unpaired) electrons. The number of nitrogens with one attached hydrogen (secondary N) is 2. The molecule has 8 heteroatoms. The van der Waals surface area contributed by atoms with Gasteiger partial charge in [-0.05, 0) is 31.2 Å². The molecule has 0 aliphatic heterocycles. The van der Waals surface area contributed by atoms with Crippen molar-refractivity contribution in [3.05, 3.63) is 64.6 Å². The van der Waals surface area contributed by atoms with Crippen molar-refractivity contribution >= 4 is 28.5 Å². The average molecular weight is 408 g/mol. The van der Waals surface area contributed by atoms with E-state index in [9.17, 15) is 14.4 Å². The van der Waals surface area contributed by atoms with Gasteiger partial charge in [-0.3, -0.25) is 19.0 Å². The molecule has 1 aromatic heterocycles. The molecule has 2 amide bonds. The number of benzene rings is 2. The summed E-state index contributed by atoms with van der Waals surface area (Å²) in [5, 5.41) is 5.49. The first-order valence-electron chi connectivity index (χ1n) is 9.71. The fraction of sp³-hybridized carbons (Fsp3) is 0.273. The Kier molecular flexibility index (Phi) is 6.79. The molecule has 3 rings (SSSR count). The number of nitrogens with zero attached hydrogens (tertiary/aromatic N) is 2. The van der Waals surface area contributed by atoms with Gasteiger partial charge in [0.2, 0.25) is 11.8 Å². The Morgan fingerprint density at radius 2 is 1.80 bits per heavy atom. The highest BCUT2D eigenvalue weighted by Gasteiger charge is 2.15. The van der Waals surface area contributed by atoms with Gasteiger partial charge in [-0.2, -0.15) is 0 Å². The van der Waals surface area contributed by atoms with Gasteiger partial charge in [0, 0.05) is 19.4 Å². The third kappa shape index (κ3) is 4.83. The molecule has 0 saturated heterocycles. The summed E-state index contributed by atoms with van der Waals surface area (Å²) in [7, 11) is 1.52. The number of ether oxygens (including phenoxy) is 1. The van der Waals surface area contributed by atoms with Crippen LogP contribution < -0.4 is 20.9 Å². The molecule has 0 unspecified atom stereocenters. The van der Waals surface area contributed by atoms with Gasteiger partial charge in [0.15, 0.2) is 0 Å². The second kappa shape index (κ2) is 9.69. The molecule has 0 aliphatic rings. The lowest BCUT2D eigenvalue weighted by molar-refractivity contribution is -0.121. The summed E-state index contributed by atoms with van der Waals surface area (Å²) >= 11 is 0. The van der Waals surface area contributed by atoms with Crippen molar-refractivity contribution in [3.8, 4) is 5.75 Å². The van der Waals surface area contributed by atoms with Crippen molar-refractivity contribution in [1.29, 1.82) is 0 Å². The number of amides is 2. The van der Waals surface area contributed by atoms with E-state index in [-0.39, 0.29) is 42.5 Å². The van der Waals surface area contributed by atoms with E-state index in [2.05, 4.69) is 15.6 Å². The lowest BCUT2D eigenvalue weighted by atomic mass is 10.2. The smallest absolute Gasteiger partial charge is 0.273 e. The molecule has 3 aromatic rings. The Morgan fingerprint density at radius 3 is 2.57 bits per heavy atom. The van der Waals surface area contributed by atoms with Crippen LogP contribution in [0.3, 0.4) is 0 Å². The fourth-order valence-electron chi connectivity index (χ4n) is 3.16. The van der Waals surface area contributed by atoms with Gasteiger partial charge in [0.05, 0.1) is 23.8 Å². The van der Waals surface area contributed by atoms with Crippen LogP contribution in [0.4, 0.5) is 5.69 Å². The van der Waals surface area contributed by atoms with Gasteiger partial charge in [0.1, 0.15) is 18.0 Å². The number of aromatic nitrogens is 2. The normalized spacial score (nSPS) is 10.6. The highest BCUT2D eigenvalue weighted by atomic mass is 16.5. The third-order valence-electron chi connectivity index (χ3n) is 4.57. The minimum atomic E-state index is -0.381. The molecule has 8 nitrogen and oxygen atoms in total. The number of hydrogen-bond acceptors (Lipinski definition) is 5. The first-order valence-corrected chi connectivity index (χ1v) is 9.71. The molecule has 0 spiro atoms. The number of carbonyl (C=O) groups is 2. The topological polar surface area (TPSA) is 102 Å². The van der Waals surface area contributed by atoms with Gasteiger partial charge >= 0.3 is 0 Å². The van der Waals surface area contributed by atoms with E-state index in [1.54, 1.807) is 42.5 Å². The van der Waals surface area contributed by atoms with Crippen LogP contribution in [0.15, 0.2) is 53.3 Å². The lowest BCUT2D eigenvalue weighted by Crippen LogP contribution is -2.32. The summed E-state index contributed by atoms with van der Waals surface area (Å²) in [6.45, 7) is 2.17. The van der Waals surface area contributed by atoms with Crippen molar-refractivity contribution in [2.75, 3.05) is 19.0 Å². The van der Waals surface area contributed by atoms with Crippen LogP contribution in [0.25, 0.3) is 11.0 Å². The largest absolute Gasteiger partial charge is 0.495 e. The van der Waals surface area contributed by atoms with Crippen molar-refractivity contribution in [1.82, 2.24) is 14.9 Å². The second-order valence-corrected chi connectivity index (χ2v) is 6.64. The zero-order chi connectivity index (χ0) is 21.5. The third-order valence-corrected chi connectivity index (χ3v) is 4.57. The van der Waals surface area contributed by atoms with E-state index in [0.29, 0.717) is 29.0 Å². The summed E-state index contributed by atoms with van der Waals surface area (Å²) in [6, 6.07) is 14.2. The fourth-order valence-corrected chi connectivity index (χ4v) is 3.16. The summed E-state index contributed by atoms with van der Waals surface area (Å²) in [6.07, 6.45) is 0.353. The number of hydrogen-bond donors (Lipinski definition) is 2. The number of aryl methyl sites for hydroxylation is 1. The van der Waals surface area contributed by atoms with Crippen LogP contribution in [0.5, 0.6) is 5.75 Å². The van der Waals surface area contributed by atoms with Gasteiger partial charge in [-0.15, -0.1) is 0 Å². The second-order valence-electron chi connectivity index (χ2n) is 6.64. The molecule has 1 heterocycles. The summed E-state index contributed by atoms with van der Waals surface area (Å²) in [4.78, 5) is 41.9. The van der Waals surface area contributed by atoms with Crippen molar-refractivity contribution in [3.63, 3.8) is 0 Å². The zero-order valence-electron chi connectivity index (χ0n) is 17.0. The number of para-hydroxylation sites is 4. The van der Waals surface area contributed by atoms with E-state index in [0.717, 1.165) is 0 Å². The van der Waals surface area contributed by atoms with Crippen LogP contribution in [0.2, 0.25) is 0 Å². The average Bonchev–Trinajstić information content (AvgIpc) is 2.75. The molecule has 0 aliphatic carbocycles. The maximum absolute atomic E-state index is 13.0. The Bertz CT molecular complexity index is 1120. The Morgan fingerprint density at radius 1 is 1.07 bits per heavy atom. The van der Waals surface area contributed by atoms with E-state index < -0.39 is 0 Å². The SMILES string of the molecule is CCNC(=O)CCc1nc2ccccc2n(CC(=O)Nc2ccccc2OC)c1=O. The van der Waals surface area contributed by atoms with E-state index in [4.69, 9.17) is 4.74 Å². The van der Waals surface area contributed by atoms with Crippen LogP contribution in [0.1, 0.15) is 19.0 Å². The van der Waals surface area contributed by atoms with Gasteiger partial charge in [-0.25, -0.2) is 4.98 Å². The molecule has 0 saturated carbocycles. The molecule has 2 N–H and O–H groups in total. The minimum absolute atomic E-state index is 0.146. The van der Waals surface area contributed by atoms with E-state index in [1.807, 2.05) is 13.0 Å². The highest BCUT2D eigenvalue weighted by molar-refractivity contribution is 5.93. The molecule has 2 aromatic carbocycles. The summed E-state index contributed by atoms with van der Waals surface area (Å²) in [5.74, 6) is 0.0142. The minimum Gasteiger partial charge on any atom is -0.495 e. The lowest BCUT2D eigenvalue weighted by Gasteiger charge is -2.14. The van der Waals surface area contributed by atoms with Crippen molar-refractivity contribution < 1.29 is 14.3 Å². The van der Waals surface area contributed by atoms with Gasteiger partial charge in [-0.1, -0.05) is 24.3 Å². The van der Waals surface area contributed by atoms with Crippen LogP contribution >= 0.6 is 0 Å². The zero-order valence-corrected chi connectivity index (χ0v) is 17.0. The maximum Gasteiger partial charge on any atom is 0.273 e. The number of anilines is 1. The van der Waals surface area contributed by atoms with Crippen LogP contribution in [-0.4, -0.2) is 35.0 Å². The molecule has 0 atom stereocenters. The monoisotopic (exact) mass is 408 g/mol. The predicted molar refractivity (Wildman–Crippen MR) is 115 cm³/mol. The number of rotatable bonds is 8. The predicted octanol–water partition coefficient (Wildman–Crippen LogP) is 2.11. The first kappa shape index (κ1) is 21.0. The van der Waals surface area contributed by atoms with Crippen molar-refractivity contribution in [2.24, 2.45) is 0 Å². The molecular formula is C22H24N4O4. The number of carbonyl (C=O) groups excluding carboxylic acids is 2. The number of fused-ring (bicyclic) bond motifs is 1. The molecular weight excluding hydrogens is 384 g/mol. The van der Waals surface area contributed by atoms with Gasteiger partial charge in [0.25, 0.3) is 5.56 Å². The summed E-state index contributed by atoms with van der Waals surface area (Å²) < 4.78 is 6.64. The Labute approximate surface area is 173 Å². The Balaban J connectivity index is 1.90. The van der Waals surface area contributed by atoms with Crippen LogP contribution in [0, 0.1) is 0 Å². The molecule has 30 heavy (non-hydrogen) atoms. The quantitative estimate of drug-likeness (QED) is 0.594. The molecule has 0 fully saturated rings. The van der Waals surface area contributed by atoms with Crippen molar-refractivity contribution in [2.45, 2.75) is 26.3 Å². The van der Waals surface area contributed by atoms with E-state index >= 15 is 0 Å². The standard InChI is InChI=1S/C22H24N4O4/c1-3-23-20(27)13-12-17-22(29)26(18-10-6-4-8-15(18)24-17)14-21(28)25-16-9-5-7-11-19(16)30-2/h4-11H,3,12-14H2,1-2H3,(H,23,27)(H,25,28).